The van der Waals surface area contributed by atoms with Gasteiger partial charge in [0.15, 0.2) is 5.75 Å². The minimum atomic E-state index is -3.97. The van der Waals surface area contributed by atoms with Gasteiger partial charge in [0.05, 0.1) is 42.6 Å². The summed E-state index contributed by atoms with van der Waals surface area (Å²) in [6, 6.07) is 6.98. The third kappa shape index (κ3) is 6.58. The lowest BCUT2D eigenvalue weighted by Crippen LogP contribution is -2.43. The maximum absolute atomic E-state index is 14.1. The Labute approximate surface area is 249 Å². The number of benzene rings is 1. The van der Waals surface area contributed by atoms with E-state index in [1.165, 1.54) is 17.7 Å². The topological polar surface area (TPSA) is 123 Å². The number of sulfonamides is 1. The zero-order chi connectivity index (χ0) is 30.4. The molecule has 0 amide bonds. The van der Waals surface area contributed by atoms with Gasteiger partial charge in [0.25, 0.3) is 5.92 Å². The Kier molecular flexibility index (Phi) is 7.51. The minimum Gasteiger partial charge on any atom is -0.468 e. The fourth-order valence-corrected chi connectivity index (χ4v) is 6.91. The van der Waals surface area contributed by atoms with Gasteiger partial charge in [-0.3, -0.25) is 9.52 Å². The molecule has 2 aromatic heterocycles. The fraction of sp³-hybridized carbons (Fsp3) is 0.517. The highest BCUT2D eigenvalue weighted by molar-refractivity contribution is 7.93. The summed E-state index contributed by atoms with van der Waals surface area (Å²) in [4.78, 5) is 24.4. The van der Waals surface area contributed by atoms with Gasteiger partial charge in [-0.25, -0.2) is 31.8 Å². The predicted molar refractivity (Wildman–Crippen MR) is 158 cm³/mol. The summed E-state index contributed by atoms with van der Waals surface area (Å²) < 4.78 is 62.1. The maximum Gasteiger partial charge on any atom is 0.322 e. The second-order valence-electron chi connectivity index (χ2n) is 11.9. The highest BCUT2D eigenvalue weighted by Gasteiger charge is 2.44. The molecule has 2 aliphatic heterocycles. The number of rotatable bonds is 8. The number of nitrogens with one attached hydrogen (secondary N) is 1. The molecular weight excluding hydrogens is 580 g/mol. The highest BCUT2D eigenvalue weighted by atomic mass is 32.2. The number of hydrogen-bond acceptors (Lipinski definition) is 9. The molecule has 3 aliphatic rings. The molecule has 11 nitrogen and oxygen atoms in total. The second kappa shape index (κ2) is 11.0. The number of aromatic nitrogens is 4. The Morgan fingerprint density at radius 3 is 2.49 bits per heavy atom. The van der Waals surface area contributed by atoms with E-state index in [0.717, 1.165) is 44.4 Å². The van der Waals surface area contributed by atoms with Gasteiger partial charge in [-0.2, -0.15) is 5.10 Å². The summed E-state index contributed by atoms with van der Waals surface area (Å²) in [5.74, 6) is -4.14. The van der Waals surface area contributed by atoms with Gasteiger partial charge in [0.2, 0.25) is 16.0 Å². The first kappa shape index (κ1) is 29.3. The Morgan fingerprint density at radius 1 is 1.02 bits per heavy atom. The van der Waals surface area contributed by atoms with Crippen LogP contribution in [0.5, 0.6) is 0 Å². The zero-order valence-electron chi connectivity index (χ0n) is 24.2. The monoisotopic (exact) mass is 615 g/mol. The van der Waals surface area contributed by atoms with E-state index in [4.69, 9.17) is 0 Å². The van der Waals surface area contributed by atoms with E-state index >= 15 is 0 Å². The van der Waals surface area contributed by atoms with Crippen molar-refractivity contribution in [1.82, 2.24) is 19.7 Å². The van der Waals surface area contributed by atoms with Gasteiger partial charge in [0.1, 0.15) is 0 Å². The first-order chi connectivity index (χ1) is 20.4. The molecule has 1 spiro atoms. The van der Waals surface area contributed by atoms with Crippen molar-refractivity contribution in [1.29, 1.82) is 0 Å². The molecule has 43 heavy (non-hydrogen) atoms. The molecule has 1 aromatic carbocycles. The van der Waals surface area contributed by atoms with E-state index in [0.29, 0.717) is 41.0 Å². The molecular formula is C29H35F2N7O4S. The molecule has 3 fully saturated rings. The van der Waals surface area contributed by atoms with Gasteiger partial charge in [0, 0.05) is 43.5 Å². The number of nitrogens with zero attached hydrogens (tertiary/aromatic N) is 6. The number of methoxy groups -OCH3 is 1. The van der Waals surface area contributed by atoms with Crippen LogP contribution in [0.4, 0.5) is 26.1 Å². The molecule has 14 heteroatoms. The summed E-state index contributed by atoms with van der Waals surface area (Å²) in [6.45, 7) is 3.52. The number of aryl methyl sites for hydroxylation is 1. The van der Waals surface area contributed by atoms with Crippen molar-refractivity contribution in [2.45, 2.75) is 51.4 Å². The van der Waals surface area contributed by atoms with Gasteiger partial charge in [-0.05, 0) is 68.7 Å². The average molecular weight is 616 g/mol. The molecule has 3 aromatic rings. The smallest absolute Gasteiger partial charge is 0.322 e. The largest absolute Gasteiger partial charge is 0.468 e. The molecule has 0 radical (unpaired) electrons. The van der Waals surface area contributed by atoms with E-state index in [2.05, 4.69) is 29.4 Å². The second-order valence-corrected chi connectivity index (χ2v) is 13.6. The number of halogens is 2. The molecule has 1 aliphatic carbocycles. The van der Waals surface area contributed by atoms with Crippen molar-refractivity contribution in [2.24, 2.45) is 5.41 Å². The number of hydrogen-bond donors (Lipinski definition) is 1. The summed E-state index contributed by atoms with van der Waals surface area (Å²) >= 11 is 0. The van der Waals surface area contributed by atoms with E-state index in [1.54, 1.807) is 35.1 Å². The van der Waals surface area contributed by atoms with Crippen LogP contribution in [0, 0.1) is 12.3 Å². The SMILES string of the molecule is COC(=O)CS(=O)(=O)Nc1ccc(-n2cc(-c3cc(C)nc(N4CCCC(F)(F)C4)n3)cn2)c(N2CCC3(CC2)CC3)c1. The van der Waals surface area contributed by atoms with Gasteiger partial charge in [-0.1, -0.05) is 0 Å². The van der Waals surface area contributed by atoms with E-state index in [9.17, 15) is 22.0 Å². The number of alkyl halides is 2. The van der Waals surface area contributed by atoms with Gasteiger partial charge < -0.3 is 14.5 Å². The van der Waals surface area contributed by atoms with E-state index in [-0.39, 0.29) is 12.4 Å². The quantitative estimate of drug-likeness (QED) is 0.372. The Balaban J connectivity index is 1.31. The summed E-state index contributed by atoms with van der Waals surface area (Å²) in [6.07, 6.45) is 8.35. The molecule has 2 saturated heterocycles. The van der Waals surface area contributed by atoms with Crippen LogP contribution in [0.15, 0.2) is 36.7 Å². The summed E-state index contributed by atoms with van der Waals surface area (Å²) in [5.41, 5.74) is 4.25. The Bertz CT molecular complexity index is 1630. The molecule has 0 bridgehead atoms. The normalized spacial score (nSPS) is 19.3. The van der Waals surface area contributed by atoms with Crippen LogP contribution < -0.4 is 14.5 Å². The van der Waals surface area contributed by atoms with E-state index < -0.39 is 34.2 Å². The van der Waals surface area contributed by atoms with Crippen LogP contribution in [-0.4, -0.2) is 79.1 Å². The third-order valence-corrected chi connectivity index (χ3v) is 9.71. The molecule has 0 unspecified atom stereocenters. The van der Waals surface area contributed by atoms with Crippen molar-refractivity contribution in [3.05, 3.63) is 42.4 Å². The molecule has 4 heterocycles. The highest BCUT2D eigenvalue weighted by Crippen LogP contribution is 2.54. The van der Waals surface area contributed by atoms with Crippen LogP contribution >= 0.6 is 0 Å². The summed E-state index contributed by atoms with van der Waals surface area (Å²) in [5, 5.41) is 4.61. The number of anilines is 3. The predicted octanol–water partition coefficient (Wildman–Crippen LogP) is 4.17. The number of piperidine rings is 2. The number of carbonyl (C=O) groups is 1. The zero-order valence-corrected chi connectivity index (χ0v) is 25.0. The molecule has 6 rings (SSSR count). The number of ether oxygens (including phenoxy) is 1. The van der Waals surface area contributed by atoms with Crippen molar-refractivity contribution in [2.75, 3.05) is 53.6 Å². The Hall–Kier alpha value is -3.81. The number of esters is 1. The lowest BCUT2D eigenvalue weighted by molar-refractivity contribution is -0.137. The lowest BCUT2D eigenvalue weighted by atomic mass is 9.93. The van der Waals surface area contributed by atoms with Gasteiger partial charge in [-0.15, -0.1) is 0 Å². The third-order valence-electron chi connectivity index (χ3n) is 8.55. The molecule has 230 valence electrons. The van der Waals surface area contributed by atoms with Gasteiger partial charge >= 0.3 is 5.97 Å². The average Bonchev–Trinajstić information content (AvgIpc) is 3.52. The standard InChI is InChI=1S/C29H35F2N7O4S/c1-20-14-23(34-27(33-20)37-11-3-6-29(30,31)19-37)21-16-32-38(17-21)24-5-4-22(35-43(40,41)18-26(39)42-2)15-25(24)36-12-9-28(7-8-28)10-13-36/h4-5,14-17,35H,3,6-13,18-19H2,1-2H3. The van der Waals surface area contributed by atoms with Crippen molar-refractivity contribution in [3.63, 3.8) is 0 Å². The first-order valence-corrected chi connectivity index (χ1v) is 16.1. The van der Waals surface area contributed by atoms with Crippen LogP contribution in [0.3, 0.4) is 0 Å². The van der Waals surface area contributed by atoms with Crippen molar-refractivity contribution in [3.8, 4) is 16.9 Å². The van der Waals surface area contributed by atoms with Crippen molar-refractivity contribution < 1.29 is 26.7 Å². The van der Waals surface area contributed by atoms with Crippen LogP contribution in [0.25, 0.3) is 16.9 Å². The lowest BCUT2D eigenvalue weighted by Gasteiger charge is -2.35. The van der Waals surface area contributed by atoms with Crippen LogP contribution in [-0.2, 0) is 19.6 Å². The maximum atomic E-state index is 14.1. The van der Waals surface area contributed by atoms with E-state index in [1.807, 2.05) is 13.1 Å². The van der Waals surface area contributed by atoms with Crippen molar-refractivity contribution >= 4 is 33.3 Å². The Morgan fingerprint density at radius 2 is 1.79 bits per heavy atom. The molecule has 1 saturated carbocycles. The number of carbonyl (C=O) groups excluding carboxylic acids is 1. The van der Waals surface area contributed by atoms with Crippen LogP contribution in [0.2, 0.25) is 0 Å². The minimum absolute atomic E-state index is 0.138. The fourth-order valence-electron chi connectivity index (χ4n) is 5.93. The van der Waals surface area contributed by atoms with Crippen LogP contribution in [0.1, 0.15) is 44.2 Å². The summed E-state index contributed by atoms with van der Waals surface area (Å²) in [7, 11) is -2.83. The first-order valence-electron chi connectivity index (χ1n) is 14.4. The molecule has 1 N–H and O–H groups in total. The molecule has 0 atom stereocenters.